The maximum atomic E-state index is 12.8. The zero-order chi connectivity index (χ0) is 33.6. The van der Waals surface area contributed by atoms with E-state index in [-0.39, 0.29) is 34.5 Å². The number of anilines is 5. The highest BCUT2D eigenvalue weighted by Gasteiger charge is 2.27. The van der Waals surface area contributed by atoms with Gasteiger partial charge in [-0.05, 0) is 75.8 Å². The van der Waals surface area contributed by atoms with Gasteiger partial charge in [0.15, 0.2) is 0 Å². The quantitative estimate of drug-likeness (QED) is 0.151. The summed E-state index contributed by atoms with van der Waals surface area (Å²) in [4.78, 5) is 50.0. The number of hydrogen-bond acceptors (Lipinski definition) is 8. The fourth-order valence-electron chi connectivity index (χ4n) is 5.84. The van der Waals surface area contributed by atoms with Crippen molar-refractivity contribution in [3.05, 3.63) is 96.5 Å². The van der Waals surface area contributed by atoms with Crippen molar-refractivity contribution in [3.8, 4) is 16.9 Å². The maximum absolute atomic E-state index is 12.8. The Balaban J connectivity index is 0.00000234. The normalized spacial score (nSPS) is 15.2. The topological polar surface area (TPSA) is 129 Å². The summed E-state index contributed by atoms with van der Waals surface area (Å²) >= 11 is 0. The van der Waals surface area contributed by atoms with Crippen molar-refractivity contribution < 1.29 is 23.4 Å². The van der Waals surface area contributed by atoms with Crippen molar-refractivity contribution in [1.29, 1.82) is 0 Å². The number of ether oxygens (including phenoxy) is 1. The first-order valence-electron chi connectivity index (χ1n) is 16.1. The fraction of sp³-hybridized carbons (Fsp3) is 0.270. The van der Waals surface area contributed by atoms with Crippen molar-refractivity contribution in [3.63, 3.8) is 0 Å². The molecule has 3 N–H and O–H groups in total. The molecule has 2 aliphatic rings. The molecule has 1 unspecified atom stereocenters. The summed E-state index contributed by atoms with van der Waals surface area (Å²) in [5, 5.41) is 9.08. The Morgan fingerprint density at radius 1 is 1.02 bits per heavy atom. The van der Waals surface area contributed by atoms with Gasteiger partial charge in [-0.3, -0.25) is 19.4 Å². The molecular formula is C37H45N7O4. The van der Waals surface area contributed by atoms with Gasteiger partial charge in [0, 0.05) is 76.6 Å². The molecule has 2 aromatic heterocycles. The molecule has 3 amide bonds. The van der Waals surface area contributed by atoms with Crippen molar-refractivity contribution in [2.75, 3.05) is 48.0 Å². The number of pyridine rings is 2. The Bertz CT molecular complexity index is 1890. The van der Waals surface area contributed by atoms with Gasteiger partial charge < -0.3 is 30.5 Å². The molecule has 0 radical (unpaired) electrons. The van der Waals surface area contributed by atoms with Crippen LogP contribution >= 0.6 is 0 Å². The number of carbonyl (C=O) groups is 3. The fourth-order valence-corrected chi connectivity index (χ4v) is 5.84. The van der Waals surface area contributed by atoms with Crippen LogP contribution in [-0.4, -0.2) is 59.8 Å². The van der Waals surface area contributed by atoms with Crippen LogP contribution in [0, 0.1) is 0 Å². The Morgan fingerprint density at radius 3 is 2.69 bits per heavy atom. The van der Waals surface area contributed by atoms with Crippen LogP contribution in [0.15, 0.2) is 85.3 Å². The lowest BCUT2D eigenvalue weighted by molar-refractivity contribution is -0.117. The van der Waals surface area contributed by atoms with E-state index in [1.807, 2.05) is 91.6 Å². The Morgan fingerprint density at radius 2 is 1.88 bits per heavy atom. The predicted octanol–water partition coefficient (Wildman–Crippen LogP) is 6.83. The van der Waals surface area contributed by atoms with Gasteiger partial charge in [-0.25, -0.2) is 4.98 Å². The molecule has 2 aromatic carbocycles. The van der Waals surface area contributed by atoms with Gasteiger partial charge in [0.2, 0.25) is 17.7 Å². The third-order valence-corrected chi connectivity index (χ3v) is 8.19. The smallest absolute Gasteiger partial charge is 0.248 e. The lowest BCUT2D eigenvalue weighted by Gasteiger charge is -2.28. The molecule has 4 heterocycles. The van der Waals surface area contributed by atoms with Gasteiger partial charge in [-0.2, -0.15) is 0 Å². The number of amides is 3. The number of aryl methyl sites for hydroxylation is 1. The lowest BCUT2D eigenvalue weighted by atomic mass is 9.94. The van der Waals surface area contributed by atoms with Gasteiger partial charge in [-0.15, -0.1) is 0 Å². The van der Waals surface area contributed by atoms with E-state index >= 15 is 0 Å². The van der Waals surface area contributed by atoms with Gasteiger partial charge in [0.25, 0.3) is 0 Å². The number of nitrogens with zero attached hydrogens (tertiary/aromatic N) is 4. The Kier molecular flexibility index (Phi) is 9.77. The molecule has 2 aliphatic heterocycles. The van der Waals surface area contributed by atoms with Gasteiger partial charge >= 0.3 is 0 Å². The lowest BCUT2D eigenvalue weighted by Crippen LogP contribution is -2.24. The van der Waals surface area contributed by atoms with Gasteiger partial charge in [-0.1, -0.05) is 18.2 Å². The maximum Gasteiger partial charge on any atom is 0.248 e. The summed E-state index contributed by atoms with van der Waals surface area (Å²) in [5.74, 6) is 1.16. The summed E-state index contributed by atoms with van der Waals surface area (Å²) < 4.78 is 6.29. The molecule has 1 fully saturated rings. The highest BCUT2D eigenvalue weighted by Crippen LogP contribution is 2.44. The van der Waals surface area contributed by atoms with E-state index in [1.165, 1.54) is 6.08 Å². The summed E-state index contributed by atoms with van der Waals surface area (Å²) in [6.07, 6.45) is 10.4. The molecule has 6 rings (SSSR count). The highest BCUT2D eigenvalue weighted by molar-refractivity contribution is 5.99. The van der Waals surface area contributed by atoms with Crippen LogP contribution in [0.1, 0.15) is 47.7 Å². The van der Waals surface area contributed by atoms with Crippen LogP contribution in [-0.2, 0) is 20.8 Å². The van der Waals surface area contributed by atoms with Crippen molar-refractivity contribution >= 4 is 46.3 Å². The molecule has 11 heteroatoms. The van der Waals surface area contributed by atoms with E-state index in [4.69, 9.17) is 4.74 Å². The molecule has 0 aliphatic carbocycles. The average Bonchev–Trinajstić information content (AvgIpc) is 3.49. The number of fused-ring (bicyclic) bond motifs is 3. The summed E-state index contributed by atoms with van der Waals surface area (Å²) in [7, 11) is 3.87. The van der Waals surface area contributed by atoms with Crippen LogP contribution in [0.4, 0.5) is 28.6 Å². The van der Waals surface area contributed by atoms with Gasteiger partial charge in [0.1, 0.15) is 17.7 Å². The SMILES string of the molecule is CC1Oc2cc(N3CCCC3=O)ccc2-c2cnc(Nc3cncc(NC(=O)CCc4cccc(NC(=O)/C=C/CN(C)C)c4)c3)cc21.[HH].[HH].[HH]. The summed E-state index contributed by atoms with van der Waals surface area (Å²) in [6.45, 7) is 3.40. The molecule has 48 heavy (non-hydrogen) atoms. The van der Waals surface area contributed by atoms with Gasteiger partial charge in [0.05, 0.1) is 23.8 Å². The van der Waals surface area contributed by atoms with Crippen LogP contribution < -0.4 is 25.6 Å². The van der Waals surface area contributed by atoms with Crippen LogP contribution in [0.2, 0.25) is 0 Å². The minimum absolute atomic E-state index is 0. The number of likely N-dealkylation sites (N-methyl/N-ethyl adjacent to an activating group) is 1. The Hall–Kier alpha value is -5.55. The van der Waals surface area contributed by atoms with Crippen molar-refractivity contribution in [2.24, 2.45) is 0 Å². The van der Waals surface area contributed by atoms with E-state index in [2.05, 4.69) is 25.9 Å². The molecule has 4 aromatic rings. The second-order valence-corrected chi connectivity index (χ2v) is 12.2. The van der Waals surface area contributed by atoms with E-state index in [0.29, 0.717) is 42.3 Å². The Labute approximate surface area is 284 Å². The standard InChI is InChI=1S/C37H39N7O4.3H2/c1-24-31-20-34(39-23-32(31)30-13-12-29(19-33(30)48-24)44-16-6-10-37(44)47)40-27-18-28(22-38-21-27)42-36(46)14-11-25-7-4-8-26(17-25)41-35(45)9-5-15-43(2)3;;;/h4-5,7-9,12-13,17-24H,6,10-11,14-16H2,1-3H3,(H,39,40)(H,41,45)(H,42,46);3*1H/b9-5+;;;. The van der Waals surface area contributed by atoms with E-state index in [0.717, 1.165) is 46.7 Å². The number of nitrogens with one attached hydrogen (secondary N) is 3. The molecule has 252 valence electrons. The minimum atomic E-state index is -0.216. The average molecular weight is 652 g/mol. The molecule has 11 nitrogen and oxygen atoms in total. The predicted molar refractivity (Wildman–Crippen MR) is 194 cm³/mol. The summed E-state index contributed by atoms with van der Waals surface area (Å²) in [5.41, 5.74) is 6.63. The van der Waals surface area contributed by atoms with Crippen LogP contribution in [0.3, 0.4) is 0 Å². The number of aromatic nitrogens is 2. The third-order valence-electron chi connectivity index (χ3n) is 8.19. The first kappa shape index (κ1) is 32.4. The van der Waals surface area contributed by atoms with Crippen LogP contribution in [0.5, 0.6) is 5.75 Å². The highest BCUT2D eigenvalue weighted by atomic mass is 16.5. The number of rotatable bonds is 11. The first-order valence-corrected chi connectivity index (χ1v) is 16.1. The van der Waals surface area contributed by atoms with Crippen molar-refractivity contribution in [1.82, 2.24) is 14.9 Å². The number of carbonyl (C=O) groups excluding carboxylic acids is 3. The number of benzene rings is 2. The zero-order valence-corrected chi connectivity index (χ0v) is 27.3. The number of hydrogen-bond donors (Lipinski definition) is 3. The minimum Gasteiger partial charge on any atom is -0.485 e. The summed E-state index contributed by atoms with van der Waals surface area (Å²) in [6, 6.07) is 17.2. The first-order chi connectivity index (χ1) is 23.2. The largest absolute Gasteiger partial charge is 0.485 e. The van der Waals surface area contributed by atoms with E-state index < -0.39 is 0 Å². The van der Waals surface area contributed by atoms with Crippen molar-refractivity contribution in [2.45, 2.75) is 38.7 Å². The van der Waals surface area contributed by atoms with E-state index in [9.17, 15) is 14.4 Å². The van der Waals surface area contributed by atoms with E-state index in [1.54, 1.807) is 18.5 Å². The zero-order valence-electron chi connectivity index (χ0n) is 27.3. The molecule has 0 saturated carbocycles. The molecule has 0 bridgehead atoms. The molecule has 0 spiro atoms. The second-order valence-electron chi connectivity index (χ2n) is 12.2. The monoisotopic (exact) mass is 651 g/mol. The second kappa shape index (κ2) is 14.5. The molecule has 1 saturated heterocycles. The third kappa shape index (κ3) is 7.87. The molecular weight excluding hydrogens is 606 g/mol. The van der Waals surface area contributed by atoms with Crippen LogP contribution in [0.25, 0.3) is 11.1 Å². The molecule has 1 atom stereocenters.